The molecule has 0 bridgehead atoms. The van der Waals surface area contributed by atoms with Crippen molar-refractivity contribution in [2.45, 2.75) is 58.5 Å². The Hall–Kier alpha value is -0.120. The summed E-state index contributed by atoms with van der Waals surface area (Å²) in [6.07, 6.45) is 7.77. The van der Waals surface area contributed by atoms with Gasteiger partial charge in [0.2, 0.25) is 0 Å². The van der Waals surface area contributed by atoms with Crippen LogP contribution in [0.3, 0.4) is 0 Å². The van der Waals surface area contributed by atoms with E-state index in [1.54, 1.807) is 0 Å². The Morgan fingerprint density at radius 1 is 1.16 bits per heavy atom. The van der Waals surface area contributed by atoms with Crippen molar-refractivity contribution in [3.05, 3.63) is 0 Å². The Morgan fingerprint density at radius 3 is 2.32 bits per heavy atom. The summed E-state index contributed by atoms with van der Waals surface area (Å²) in [5, 5.41) is 9.84. The third-order valence-electron chi connectivity index (χ3n) is 5.17. The van der Waals surface area contributed by atoms with Crippen molar-refractivity contribution in [1.82, 2.24) is 4.90 Å². The van der Waals surface area contributed by atoms with Crippen LogP contribution in [0.25, 0.3) is 0 Å². The van der Waals surface area contributed by atoms with Crippen molar-refractivity contribution in [1.29, 1.82) is 0 Å². The molecule has 1 N–H and O–H groups in total. The minimum atomic E-state index is 0.185. The second kappa shape index (κ2) is 7.05. The summed E-state index contributed by atoms with van der Waals surface area (Å²) in [6, 6.07) is 0. The largest absolute Gasteiger partial charge is 0.396 e. The first-order valence-corrected chi connectivity index (χ1v) is 8.12. The quantitative estimate of drug-likeness (QED) is 0.833. The molecule has 2 aliphatic rings. The first-order chi connectivity index (χ1) is 9.17. The number of aliphatic hydroxyl groups is 1. The highest BCUT2D eigenvalue weighted by molar-refractivity contribution is 4.88. The van der Waals surface area contributed by atoms with Crippen LogP contribution in [0.15, 0.2) is 0 Å². The average molecular weight is 269 g/mol. The van der Waals surface area contributed by atoms with Gasteiger partial charge >= 0.3 is 0 Å². The fraction of sp³-hybridized carbons (Fsp3) is 1.00. The number of hydrogen-bond acceptors (Lipinski definition) is 3. The lowest BCUT2D eigenvalue weighted by Gasteiger charge is -2.43. The fourth-order valence-corrected chi connectivity index (χ4v) is 3.68. The summed E-state index contributed by atoms with van der Waals surface area (Å²) in [5.41, 5.74) is 0.185. The highest BCUT2D eigenvalue weighted by Gasteiger charge is 2.36. The van der Waals surface area contributed by atoms with Gasteiger partial charge in [-0.3, -0.25) is 0 Å². The molecule has 0 aromatic rings. The molecule has 1 saturated carbocycles. The van der Waals surface area contributed by atoms with Crippen LogP contribution in [0, 0.1) is 11.3 Å². The van der Waals surface area contributed by atoms with Crippen molar-refractivity contribution in [2.24, 2.45) is 11.3 Å². The second-order valence-corrected chi connectivity index (χ2v) is 6.77. The van der Waals surface area contributed by atoms with Crippen molar-refractivity contribution in [3.8, 4) is 0 Å². The normalized spacial score (nSPS) is 34.6. The SMILES string of the molecule is CCOC1CCN(CC2(CO)CCC(C)CC2)CC1. The van der Waals surface area contributed by atoms with Gasteiger partial charge < -0.3 is 14.7 Å². The van der Waals surface area contributed by atoms with Gasteiger partial charge in [0.1, 0.15) is 0 Å². The molecule has 1 saturated heterocycles. The summed E-state index contributed by atoms with van der Waals surface area (Å²) < 4.78 is 5.71. The van der Waals surface area contributed by atoms with Gasteiger partial charge in [-0.05, 0) is 38.5 Å². The first kappa shape index (κ1) is 15.3. The molecule has 0 unspecified atom stereocenters. The maximum absolute atomic E-state index is 9.84. The van der Waals surface area contributed by atoms with E-state index in [4.69, 9.17) is 4.74 Å². The van der Waals surface area contributed by atoms with Gasteiger partial charge in [0.15, 0.2) is 0 Å². The number of rotatable bonds is 5. The summed E-state index contributed by atoms with van der Waals surface area (Å²) in [7, 11) is 0. The van der Waals surface area contributed by atoms with Gasteiger partial charge in [-0.15, -0.1) is 0 Å². The molecule has 1 aliphatic carbocycles. The lowest BCUT2D eigenvalue weighted by atomic mass is 9.71. The molecule has 0 aromatic carbocycles. The molecule has 0 amide bonds. The smallest absolute Gasteiger partial charge is 0.0599 e. The fourth-order valence-electron chi connectivity index (χ4n) is 3.68. The summed E-state index contributed by atoms with van der Waals surface area (Å²) >= 11 is 0. The van der Waals surface area contributed by atoms with Crippen LogP contribution in [0.5, 0.6) is 0 Å². The zero-order valence-electron chi connectivity index (χ0n) is 12.7. The molecule has 3 nitrogen and oxygen atoms in total. The summed E-state index contributed by atoms with van der Waals surface area (Å²) in [6.45, 7) is 9.00. The van der Waals surface area contributed by atoms with E-state index in [1.165, 1.54) is 25.7 Å². The zero-order valence-corrected chi connectivity index (χ0v) is 12.7. The predicted octanol–water partition coefficient (Wildman–Crippen LogP) is 2.68. The topological polar surface area (TPSA) is 32.7 Å². The average Bonchev–Trinajstić information content (AvgIpc) is 2.44. The van der Waals surface area contributed by atoms with Gasteiger partial charge in [-0.25, -0.2) is 0 Å². The molecule has 2 rings (SSSR count). The van der Waals surface area contributed by atoms with Crippen LogP contribution in [-0.2, 0) is 4.74 Å². The van der Waals surface area contributed by atoms with Gasteiger partial charge in [-0.2, -0.15) is 0 Å². The minimum Gasteiger partial charge on any atom is -0.396 e. The summed E-state index contributed by atoms with van der Waals surface area (Å²) in [4.78, 5) is 2.56. The van der Waals surface area contributed by atoms with Gasteiger partial charge in [0, 0.05) is 38.3 Å². The number of likely N-dealkylation sites (tertiary alicyclic amines) is 1. The van der Waals surface area contributed by atoms with E-state index in [2.05, 4.69) is 18.7 Å². The Labute approximate surface area is 118 Å². The standard InChI is InChI=1S/C16H31NO2/c1-3-19-15-6-10-17(11-7-15)12-16(13-18)8-4-14(2)5-9-16/h14-15,18H,3-13H2,1-2H3. The molecule has 0 spiro atoms. The van der Waals surface area contributed by atoms with Crippen LogP contribution in [-0.4, -0.2) is 49.0 Å². The van der Waals surface area contributed by atoms with Crippen LogP contribution in [0.2, 0.25) is 0 Å². The van der Waals surface area contributed by atoms with E-state index in [1.807, 2.05) is 0 Å². The van der Waals surface area contributed by atoms with Crippen molar-refractivity contribution in [3.63, 3.8) is 0 Å². The lowest BCUT2D eigenvalue weighted by molar-refractivity contribution is -0.0159. The van der Waals surface area contributed by atoms with Gasteiger partial charge in [-0.1, -0.05) is 19.8 Å². The molecule has 0 radical (unpaired) electrons. The van der Waals surface area contributed by atoms with E-state index in [9.17, 15) is 5.11 Å². The van der Waals surface area contributed by atoms with Crippen molar-refractivity contribution in [2.75, 3.05) is 32.8 Å². The Kier molecular flexibility index (Phi) is 5.67. The van der Waals surface area contributed by atoms with E-state index in [0.29, 0.717) is 12.7 Å². The number of hydrogen-bond donors (Lipinski definition) is 1. The first-order valence-electron chi connectivity index (χ1n) is 8.12. The molecule has 1 heterocycles. The van der Waals surface area contributed by atoms with E-state index >= 15 is 0 Å². The molecular weight excluding hydrogens is 238 g/mol. The minimum absolute atomic E-state index is 0.185. The van der Waals surface area contributed by atoms with E-state index in [0.717, 1.165) is 45.0 Å². The van der Waals surface area contributed by atoms with Gasteiger partial charge in [0.05, 0.1) is 6.10 Å². The Balaban J connectivity index is 1.80. The maximum atomic E-state index is 9.84. The van der Waals surface area contributed by atoms with E-state index < -0.39 is 0 Å². The van der Waals surface area contributed by atoms with E-state index in [-0.39, 0.29) is 5.41 Å². The number of nitrogens with zero attached hydrogens (tertiary/aromatic N) is 1. The third kappa shape index (κ3) is 4.17. The number of ether oxygens (including phenoxy) is 1. The van der Waals surface area contributed by atoms with Crippen molar-refractivity contribution >= 4 is 0 Å². The monoisotopic (exact) mass is 269 g/mol. The van der Waals surface area contributed by atoms with Crippen LogP contribution < -0.4 is 0 Å². The lowest BCUT2D eigenvalue weighted by Crippen LogP contribution is -2.46. The molecule has 19 heavy (non-hydrogen) atoms. The van der Waals surface area contributed by atoms with Crippen LogP contribution in [0.4, 0.5) is 0 Å². The van der Waals surface area contributed by atoms with Crippen LogP contribution >= 0.6 is 0 Å². The molecule has 3 heteroatoms. The predicted molar refractivity (Wildman–Crippen MR) is 78.2 cm³/mol. The number of aliphatic hydroxyl groups excluding tert-OH is 1. The molecule has 0 aromatic heterocycles. The van der Waals surface area contributed by atoms with Crippen molar-refractivity contribution < 1.29 is 9.84 Å². The zero-order chi connectivity index (χ0) is 13.7. The Bertz CT molecular complexity index is 253. The third-order valence-corrected chi connectivity index (χ3v) is 5.17. The molecule has 1 aliphatic heterocycles. The molecule has 0 atom stereocenters. The maximum Gasteiger partial charge on any atom is 0.0599 e. The highest BCUT2D eigenvalue weighted by atomic mass is 16.5. The molecular formula is C16H31NO2. The Morgan fingerprint density at radius 2 is 1.79 bits per heavy atom. The summed E-state index contributed by atoms with van der Waals surface area (Å²) in [5.74, 6) is 0.850. The van der Waals surface area contributed by atoms with Gasteiger partial charge in [0.25, 0.3) is 0 Å². The molecule has 112 valence electrons. The van der Waals surface area contributed by atoms with Crippen LogP contribution in [0.1, 0.15) is 52.4 Å². The number of piperidine rings is 1. The highest BCUT2D eigenvalue weighted by Crippen LogP contribution is 2.39. The second-order valence-electron chi connectivity index (χ2n) is 6.77. The molecule has 2 fully saturated rings.